The Kier molecular flexibility index (Phi) is 4.87. The van der Waals surface area contributed by atoms with Crippen molar-refractivity contribution in [1.29, 1.82) is 0 Å². The van der Waals surface area contributed by atoms with E-state index >= 15 is 0 Å². The quantitative estimate of drug-likeness (QED) is 0.883. The fourth-order valence-corrected chi connectivity index (χ4v) is 2.75. The fourth-order valence-electron chi connectivity index (χ4n) is 2.48. The molecule has 1 heterocycles. The van der Waals surface area contributed by atoms with E-state index in [-0.39, 0.29) is 6.04 Å². The normalized spacial score (nSPS) is 21.6. The van der Waals surface area contributed by atoms with Crippen molar-refractivity contribution < 1.29 is 4.74 Å². The van der Waals surface area contributed by atoms with Crippen LogP contribution >= 0.6 is 11.6 Å². The predicted molar refractivity (Wildman–Crippen MR) is 75.2 cm³/mol. The predicted octanol–water partition coefficient (Wildman–Crippen LogP) is 2.88. The number of nitrogens with one attached hydrogen (secondary N) is 1. The first kappa shape index (κ1) is 13.7. The van der Waals surface area contributed by atoms with Crippen molar-refractivity contribution in [2.45, 2.75) is 37.8 Å². The van der Waals surface area contributed by atoms with Gasteiger partial charge in [0.05, 0.1) is 12.1 Å². The molecule has 0 radical (unpaired) electrons. The van der Waals surface area contributed by atoms with E-state index in [0.717, 1.165) is 18.5 Å². The Hall–Kier alpha value is -0.770. The molecule has 100 valence electrons. The van der Waals surface area contributed by atoms with E-state index in [9.17, 15) is 0 Å². The molecule has 1 aliphatic heterocycles. The van der Waals surface area contributed by atoms with Gasteiger partial charge >= 0.3 is 0 Å². The van der Waals surface area contributed by atoms with Crippen LogP contribution in [0.1, 0.15) is 37.3 Å². The third-order valence-corrected chi connectivity index (χ3v) is 3.85. The summed E-state index contributed by atoms with van der Waals surface area (Å²) in [4.78, 5) is 0. The van der Waals surface area contributed by atoms with E-state index < -0.39 is 0 Å². The van der Waals surface area contributed by atoms with Gasteiger partial charge in [-0.2, -0.15) is 0 Å². The van der Waals surface area contributed by atoms with Crippen molar-refractivity contribution >= 4 is 11.6 Å². The van der Waals surface area contributed by atoms with Crippen molar-refractivity contribution in [2.24, 2.45) is 5.73 Å². The zero-order valence-corrected chi connectivity index (χ0v) is 11.5. The van der Waals surface area contributed by atoms with Crippen LogP contribution in [0.25, 0.3) is 0 Å². The van der Waals surface area contributed by atoms with Gasteiger partial charge < -0.3 is 15.8 Å². The van der Waals surface area contributed by atoms with E-state index in [0.29, 0.717) is 16.8 Å². The molecule has 0 amide bonds. The molecule has 0 saturated carbocycles. The van der Waals surface area contributed by atoms with Crippen LogP contribution in [0.2, 0.25) is 5.02 Å². The molecule has 0 bridgehead atoms. The highest BCUT2D eigenvalue weighted by Gasteiger charge is 2.17. The average Bonchev–Trinajstić information content (AvgIpc) is 2.39. The molecular formula is C14H21ClN2O. The molecule has 18 heavy (non-hydrogen) atoms. The van der Waals surface area contributed by atoms with Gasteiger partial charge in [0, 0.05) is 12.1 Å². The number of methoxy groups -OCH3 is 1. The number of nitrogens with two attached hydrogens (primary N) is 1. The minimum absolute atomic E-state index is 0.0315. The molecule has 0 aliphatic carbocycles. The third-order valence-electron chi connectivity index (χ3n) is 3.55. The molecule has 2 unspecified atom stereocenters. The molecule has 1 aromatic carbocycles. The molecule has 2 rings (SSSR count). The largest absolute Gasteiger partial charge is 0.495 e. The molecular weight excluding hydrogens is 248 g/mol. The monoisotopic (exact) mass is 268 g/mol. The standard InChI is InChI=1S/C14H21ClN2O/c1-18-14-6-5-10(8-12(14)15)13(16)9-11-4-2-3-7-17-11/h5-6,8,11,13,17H,2-4,7,9,16H2,1H3. The zero-order valence-electron chi connectivity index (χ0n) is 10.8. The minimum Gasteiger partial charge on any atom is -0.495 e. The van der Waals surface area contributed by atoms with Crippen molar-refractivity contribution in [3.63, 3.8) is 0 Å². The highest BCUT2D eigenvalue weighted by Crippen LogP contribution is 2.28. The van der Waals surface area contributed by atoms with Gasteiger partial charge in [-0.3, -0.25) is 0 Å². The molecule has 0 spiro atoms. The van der Waals surface area contributed by atoms with Gasteiger partial charge in [0.2, 0.25) is 0 Å². The summed E-state index contributed by atoms with van der Waals surface area (Å²) in [7, 11) is 1.62. The fraction of sp³-hybridized carbons (Fsp3) is 0.571. The number of rotatable bonds is 4. The van der Waals surface area contributed by atoms with Crippen LogP contribution in [0.4, 0.5) is 0 Å². The van der Waals surface area contributed by atoms with E-state index in [1.54, 1.807) is 7.11 Å². The SMILES string of the molecule is COc1ccc(C(N)CC2CCCCN2)cc1Cl. The van der Waals surface area contributed by atoms with Crippen LogP contribution in [-0.4, -0.2) is 19.7 Å². The molecule has 3 nitrogen and oxygen atoms in total. The summed E-state index contributed by atoms with van der Waals surface area (Å²) < 4.78 is 5.14. The van der Waals surface area contributed by atoms with E-state index in [2.05, 4.69) is 5.32 Å². The van der Waals surface area contributed by atoms with Gasteiger partial charge in [-0.25, -0.2) is 0 Å². The highest BCUT2D eigenvalue weighted by molar-refractivity contribution is 6.32. The van der Waals surface area contributed by atoms with Crippen molar-refractivity contribution in [2.75, 3.05) is 13.7 Å². The molecule has 1 saturated heterocycles. The number of ether oxygens (including phenoxy) is 1. The maximum absolute atomic E-state index is 6.25. The summed E-state index contributed by atoms with van der Waals surface area (Å²) in [5.74, 6) is 0.698. The van der Waals surface area contributed by atoms with Crippen LogP contribution in [0, 0.1) is 0 Å². The lowest BCUT2D eigenvalue weighted by atomic mass is 9.95. The van der Waals surface area contributed by atoms with E-state index in [1.807, 2.05) is 18.2 Å². The lowest BCUT2D eigenvalue weighted by Gasteiger charge is -2.26. The lowest BCUT2D eigenvalue weighted by Crippen LogP contribution is -2.36. The first-order valence-corrected chi connectivity index (χ1v) is 6.91. The van der Waals surface area contributed by atoms with Gasteiger partial charge in [-0.15, -0.1) is 0 Å². The van der Waals surface area contributed by atoms with Crippen LogP contribution < -0.4 is 15.8 Å². The smallest absolute Gasteiger partial charge is 0.137 e. The van der Waals surface area contributed by atoms with Crippen LogP contribution in [-0.2, 0) is 0 Å². The molecule has 2 atom stereocenters. The Labute approximate surface area is 114 Å². The Bertz CT molecular complexity index is 391. The van der Waals surface area contributed by atoms with Crippen molar-refractivity contribution in [1.82, 2.24) is 5.32 Å². The summed E-state index contributed by atoms with van der Waals surface area (Å²) in [5.41, 5.74) is 7.32. The second kappa shape index (κ2) is 6.41. The highest BCUT2D eigenvalue weighted by atomic mass is 35.5. The lowest BCUT2D eigenvalue weighted by molar-refractivity contribution is 0.362. The van der Waals surface area contributed by atoms with Crippen LogP contribution in [0.3, 0.4) is 0 Å². The number of hydrogen-bond acceptors (Lipinski definition) is 3. The number of benzene rings is 1. The van der Waals surface area contributed by atoms with E-state index in [1.165, 1.54) is 19.3 Å². The molecule has 3 N–H and O–H groups in total. The van der Waals surface area contributed by atoms with Crippen molar-refractivity contribution in [3.8, 4) is 5.75 Å². The summed E-state index contributed by atoms with van der Waals surface area (Å²) in [6.45, 7) is 1.11. The summed E-state index contributed by atoms with van der Waals surface area (Å²) >= 11 is 6.12. The first-order valence-electron chi connectivity index (χ1n) is 6.53. The third kappa shape index (κ3) is 3.37. The van der Waals surface area contributed by atoms with Gasteiger partial charge in [0.25, 0.3) is 0 Å². The van der Waals surface area contributed by atoms with Crippen LogP contribution in [0.5, 0.6) is 5.75 Å². The summed E-state index contributed by atoms with van der Waals surface area (Å²) in [6.07, 6.45) is 4.76. The van der Waals surface area contributed by atoms with Crippen LogP contribution in [0.15, 0.2) is 18.2 Å². The second-order valence-electron chi connectivity index (χ2n) is 4.88. The summed E-state index contributed by atoms with van der Waals surface area (Å²) in [5, 5.41) is 4.15. The summed E-state index contributed by atoms with van der Waals surface area (Å²) in [6, 6.07) is 6.36. The molecule has 1 fully saturated rings. The van der Waals surface area contributed by atoms with Gasteiger partial charge in [0.15, 0.2) is 0 Å². The Morgan fingerprint density at radius 2 is 2.33 bits per heavy atom. The van der Waals surface area contributed by atoms with Gasteiger partial charge in [-0.1, -0.05) is 24.1 Å². The topological polar surface area (TPSA) is 47.3 Å². The second-order valence-corrected chi connectivity index (χ2v) is 5.29. The molecule has 1 aliphatic rings. The number of halogens is 1. The zero-order chi connectivity index (χ0) is 13.0. The maximum atomic E-state index is 6.25. The number of piperidine rings is 1. The number of hydrogen-bond donors (Lipinski definition) is 2. The van der Waals surface area contributed by atoms with Gasteiger partial charge in [-0.05, 0) is 43.5 Å². The van der Waals surface area contributed by atoms with Gasteiger partial charge in [0.1, 0.15) is 5.75 Å². The first-order chi connectivity index (χ1) is 8.70. The van der Waals surface area contributed by atoms with E-state index in [4.69, 9.17) is 22.1 Å². The minimum atomic E-state index is 0.0315. The molecule has 4 heteroatoms. The van der Waals surface area contributed by atoms with Crippen molar-refractivity contribution in [3.05, 3.63) is 28.8 Å². The average molecular weight is 269 g/mol. The Balaban J connectivity index is 1.99. The Morgan fingerprint density at radius 1 is 1.50 bits per heavy atom. The molecule has 0 aromatic heterocycles. The molecule has 1 aromatic rings. The maximum Gasteiger partial charge on any atom is 0.137 e. The Morgan fingerprint density at radius 3 is 2.94 bits per heavy atom.